The Morgan fingerprint density at radius 1 is 1.14 bits per heavy atom. The van der Waals surface area contributed by atoms with Crippen molar-refractivity contribution in [3.63, 3.8) is 0 Å². The molecule has 0 unspecified atom stereocenters. The number of hydrogen-bond donors (Lipinski definition) is 2. The highest BCUT2D eigenvalue weighted by molar-refractivity contribution is 5.94. The molecule has 0 aromatic heterocycles. The molecular formula is C17H19NO4. The first-order chi connectivity index (χ1) is 10.5. The van der Waals surface area contributed by atoms with Crippen molar-refractivity contribution in [3.05, 3.63) is 47.5 Å². The molecule has 2 aromatic rings. The molecule has 22 heavy (non-hydrogen) atoms. The first-order valence-corrected chi connectivity index (χ1v) is 6.84. The van der Waals surface area contributed by atoms with E-state index in [1.165, 1.54) is 0 Å². The van der Waals surface area contributed by atoms with Crippen LogP contribution < -0.4 is 14.8 Å². The Morgan fingerprint density at radius 3 is 2.55 bits per heavy atom. The highest BCUT2D eigenvalue weighted by Gasteiger charge is 2.12. The number of ether oxygens (including phenoxy) is 2. The number of carbonyl (C=O) groups is 1. The van der Waals surface area contributed by atoms with Crippen LogP contribution in [0.5, 0.6) is 17.2 Å². The Balaban J connectivity index is 2.12. The van der Waals surface area contributed by atoms with Gasteiger partial charge in [0.15, 0.2) is 0 Å². The number of nitrogens with one attached hydrogen (secondary N) is 1. The molecule has 1 amide bonds. The van der Waals surface area contributed by atoms with E-state index in [0.717, 1.165) is 11.1 Å². The largest absolute Gasteiger partial charge is 0.506 e. The van der Waals surface area contributed by atoms with Crippen LogP contribution in [0.3, 0.4) is 0 Å². The minimum Gasteiger partial charge on any atom is -0.506 e. The number of rotatable bonds is 5. The Hall–Kier alpha value is -2.69. The number of methoxy groups -OCH3 is 2. The van der Waals surface area contributed by atoms with Gasteiger partial charge in [-0.3, -0.25) is 4.79 Å². The summed E-state index contributed by atoms with van der Waals surface area (Å²) >= 11 is 0. The zero-order valence-electron chi connectivity index (χ0n) is 12.8. The van der Waals surface area contributed by atoms with Gasteiger partial charge in [-0.2, -0.15) is 0 Å². The van der Waals surface area contributed by atoms with Crippen LogP contribution in [0.1, 0.15) is 11.1 Å². The number of benzene rings is 2. The van der Waals surface area contributed by atoms with Gasteiger partial charge in [0, 0.05) is 11.6 Å². The van der Waals surface area contributed by atoms with Gasteiger partial charge >= 0.3 is 0 Å². The summed E-state index contributed by atoms with van der Waals surface area (Å²) in [4.78, 5) is 12.1. The summed E-state index contributed by atoms with van der Waals surface area (Å²) in [6, 6.07) is 10.4. The van der Waals surface area contributed by atoms with Crippen molar-refractivity contribution in [2.45, 2.75) is 13.3 Å². The van der Waals surface area contributed by atoms with Crippen LogP contribution in [0.15, 0.2) is 36.4 Å². The molecule has 0 aliphatic rings. The highest BCUT2D eigenvalue weighted by Crippen LogP contribution is 2.27. The van der Waals surface area contributed by atoms with Gasteiger partial charge in [0.2, 0.25) is 5.91 Å². The van der Waals surface area contributed by atoms with E-state index in [0.29, 0.717) is 17.2 Å². The number of aromatic hydroxyl groups is 1. The topological polar surface area (TPSA) is 67.8 Å². The Bertz CT molecular complexity index is 682. The number of carbonyl (C=O) groups excluding carboxylic acids is 1. The second-order valence-electron chi connectivity index (χ2n) is 4.92. The number of phenolic OH excluding ortho intramolecular Hbond substituents is 1. The summed E-state index contributed by atoms with van der Waals surface area (Å²) < 4.78 is 10.4. The first-order valence-electron chi connectivity index (χ1n) is 6.84. The third kappa shape index (κ3) is 3.69. The van der Waals surface area contributed by atoms with Gasteiger partial charge in [0.1, 0.15) is 17.2 Å². The van der Waals surface area contributed by atoms with Gasteiger partial charge in [-0.1, -0.05) is 12.1 Å². The van der Waals surface area contributed by atoms with E-state index >= 15 is 0 Å². The predicted molar refractivity (Wildman–Crippen MR) is 84.7 cm³/mol. The van der Waals surface area contributed by atoms with Crippen molar-refractivity contribution in [3.8, 4) is 17.2 Å². The molecule has 0 saturated carbocycles. The highest BCUT2D eigenvalue weighted by atomic mass is 16.5. The lowest BCUT2D eigenvalue weighted by molar-refractivity contribution is -0.115. The summed E-state index contributed by atoms with van der Waals surface area (Å²) in [5, 5.41) is 12.5. The van der Waals surface area contributed by atoms with Crippen LogP contribution in [0.4, 0.5) is 5.69 Å². The number of anilines is 1. The maximum absolute atomic E-state index is 12.1. The molecule has 5 heteroatoms. The van der Waals surface area contributed by atoms with E-state index in [2.05, 4.69) is 5.32 Å². The lowest BCUT2D eigenvalue weighted by atomic mass is 10.1. The van der Waals surface area contributed by atoms with Gasteiger partial charge in [-0.15, -0.1) is 0 Å². The minimum atomic E-state index is -0.234. The van der Waals surface area contributed by atoms with Crippen molar-refractivity contribution in [1.29, 1.82) is 0 Å². The third-order valence-electron chi connectivity index (χ3n) is 3.27. The van der Waals surface area contributed by atoms with Gasteiger partial charge in [-0.25, -0.2) is 0 Å². The molecule has 0 saturated heterocycles. The summed E-state index contributed by atoms with van der Waals surface area (Å²) in [7, 11) is 3.11. The SMILES string of the molecule is COc1ccc(CC(=O)Nc2ccc(C)cc2O)c(OC)c1. The summed E-state index contributed by atoms with van der Waals surface area (Å²) in [5.74, 6) is 1.07. The maximum atomic E-state index is 12.1. The van der Waals surface area contributed by atoms with Crippen LogP contribution in [0.2, 0.25) is 0 Å². The summed E-state index contributed by atoms with van der Waals surface area (Å²) in [6.45, 7) is 1.87. The molecule has 0 bridgehead atoms. The number of aryl methyl sites for hydroxylation is 1. The van der Waals surface area contributed by atoms with Crippen LogP contribution in [0.25, 0.3) is 0 Å². The predicted octanol–water partition coefficient (Wildman–Crippen LogP) is 2.90. The standard InChI is InChI=1S/C17H19NO4/c1-11-4-7-14(15(19)8-11)18-17(20)9-12-5-6-13(21-2)10-16(12)22-3/h4-8,10,19H,9H2,1-3H3,(H,18,20). The zero-order valence-corrected chi connectivity index (χ0v) is 12.8. The maximum Gasteiger partial charge on any atom is 0.229 e. The van der Waals surface area contributed by atoms with Crippen molar-refractivity contribution < 1.29 is 19.4 Å². The van der Waals surface area contributed by atoms with Crippen molar-refractivity contribution in [1.82, 2.24) is 0 Å². The molecule has 2 N–H and O–H groups in total. The number of amides is 1. The minimum absolute atomic E-state index is 0.0510. The molecule has 5 nitrogen and oxygen atoms in total. The zero-order chi connectivity index (χ0) is 16.1. The fraction of sp³-hybridized carbons (Fsp3) is 0.235. The number of hydrogen-bond acceptors (Lipinski definition) is 4. The molecule has 0 atom stereocenters. The summed E-state index contributed by atoms with van der Waals surface area (Å²) in [5.41, 5.74) is 2.06. The van der Waals surface area contributed by atoms with Gasteiger partial charge in [-0.05, 0) is 30.7 Å². The molecule has 0 spiro atoms. The van der Waals surface area contributed by atoms with Crippen molar-refractivity contribution in [2.75, 3.05) is 19.5 Å². The summed E-state index contributed by atoms with van der Waals surface area (Å²) in [6.07, 6.45) is 0.139. The van der Waals surface area contributed by atoms with Gasteiger partial charge < -0.3 is 19.9 Å². The van der Waals surface area contributed by atoms with E-state index in [4.69, 9.17) is 9.47 Å². The normalized spacial score (nSPS) is 10.1. The van der Waals surface area contributed by atoms with Gasteiger partial charge in [0.05, 0.1) is 26.3 Å². The smallest absolute Gasteiger partial charge is 0.229 e. The first kappa shape index (κ1) is 15.7. The van der Waals surface area contributed by atoms with Crippen molar-refractivity contribution >= 4 is 11.6 Å². The van der Waals surface area contributed by atoms with Crippen LogP contribution >= 0.6 is 0 Å². The molecule has 0 aliphatic heterocycles. The lowest BCUT2D eigenvalue weighted by Gasteiger charge is -2.11. The molecule has 0 fully saturated rings. The molecule has 2 aromatic carbocycles. The Morgan fingerprint density at radius 2 is 1.91 bits per heavy atom. The van der Waals surface area contributed by atoms with E-state index < -0.39 is 0 Å². The average molecular weight is 301 g/mol. The van der Waals surface area contributed by atoms with E-state index in [9.17, 15) is 9.90 Å². The Labute approximate surface area is 129 Å². The molecule has 0 heterocycles. The van der Waals surface area contributed by atoms with E-state index in [-0.39, 0.29) is 18.1 Å². The molecule has 2 rings (SSSR count). The fourth-order valence-electron chi connectivity index (χ4n) is 2.11. The molecular weight excluding hydrogens is 282 g/mol. The average Bonchev–Trinajstić information content (AvgIpc) is 2.50. The van der Waals surface area contributed by atoms with Crippen molar-refractivity contribution in [2.24, 2.45) is 0 Å². The van der Waals surface area contributed by atoms with E-state index in [1.807, 2.05) is 13.0 Å². The second kappa shape index (κ2) is 6.85. The monoisotopic (exact) mass is 301 g/mol. The van der Waals surface area contributed by atoms with E-state index in [1.54, 1.807) is 44.6 Å². The molecule has 116 valence electrons. The third-order valence-corrected chi connectivity index (χ3v) is 3.27. The van der Waals surface area contributed by atoms with Crippen LogP contribution in [-0.2, 0) is 11.2 Å². The fourth-order valence-corrected chi connectivity index (χ4v) is 2.11. The second-order valence-corrected chi connectivity index (χ2v) is 4.92. The van der Waals surface area contributed by atoms with Crippen LogP contribution in [0, 0.1) is 6.92 Å². The molecule has 0 radical (unpaired) electrons. The number of phenols is 1. The van der Waals surface area contributed by atoms with Gasteiger partial charge in [0.25, 0.3) is 0 Å². The molecule has 0 aliphatic carbocycles. The Kier molecular flexibility index (Phi) is 4.88. The lowest BCUT2D eigenvalue weighted by Crippen LogP contribution is -2.15. The van der Waals surface area contributed by atoms with Crippen LogP contribution in [-0.4, -0.2) is 25.2 Å². The quantitative estimate of drug-likeness (QED) is 0.833.